The van der Waals surface area contributed by atoms with Crippen LogP contribution in [0, 0.1) is 12.8 Å². The number of ether oxygens (including phenoxy) is 1. The molecule has 2 aromatic carbocycles. The van der Waals surface area contributed by atoms with Crippen molar-refractivity contribution in [1.82, 2.24) is 4.57 Å². The van der Waals surface area contributed by atoms with E-state index in [1.54, 1.807) is 12.1 Å². The van der Waals surface area contributed by atoms with Gasteiger partial charge in [-0.2, -0.15) is 0 Å². The van der Waals surface area contributed by atoms with Crippen LogP contribution in [0.2, 0.25) is 0 Å². The average Bonchev–Trinajstić information content (AvgIpc) is 3.03. The lowest BCUT2D eigenvalue weighted by Crippen LogP contribution is -3.00. The predicted molar refractivity (Wildman–Crippen MR) is 133 cm³/mol. The van der Waals surface area contributed by atoms with Gasteiger partial charge in [-0.05, 0) is 30.4 Å². The van der Waals surface area contributed by atoms with Crippen molar-refractivity contribution in [1.29, 1.82) is 0 Å². The van der Waals surface area contributed by atoms with Gasteiger partial charge < -0.3 is 22.3 Å². The highest BCUT2D eigenvalue weighted by Crippen LogP contribution is 2.39. The van der Waals surface area contributed by atoms with Gasteiger partial charge in [0, 0.05) is 18.9 Å². The monoisotopic (exact) mass is 496 g/mol. The maximum Gasteiger partial charge on any atom is 0.313 e. The number of hydrogen-bond donors (Lipinski definition) is 1. The normalized spacial score (nSPS) is 15.1. The molecule has 1 fully saturated rings. The number of halogens is 1. The molecule has 188 valence electrons. The van der Waals surface area contributed by atoms with Crippen molar-refractivity contribution in [3.05, 3.63) is 83.9 Å². The third-order valence-corrected chi connectivity index (χ3v) is 7.14. The highest BCUT2D eigenvalue weighted by molar-refractivity contribution is 5.79. The number of imidazole rings is 1. The van der Waals surface area contributed by atoms with E-state index in [4.69, 9.17) is 4.74 Å². The molecule has 3 aromatic rings. The van der Waals surface area contributed by atoms with E-state index in [9.17, 15) is 9.90 Å². The number of aryl methyl sites for hydroxylation is 1. The second-order valence-corrected chi connectivity index (χ2v) is 9.46. The van der Waals surface area contributed by atoms with Crippen LogP contribution in [0.3, 0.4) is 0 Å². The number of aromatic nitrogens is 2. The Morgan fingerprint density at radius 1 is 1.06 bits per heavy atom. The van der Waals surface area contributed by atoms with Crippen LogP contribution in [0.15, 0.2) is 67.0 Å². The molecule has 5 nitrogen and oxygen atoms in total. The standard InChI is InChI=1S/C29H36N2O3.ClH/c1-23-30(19-20-31(23)22-24-12-5-4-6-13-24)18-11-21-34-29(33)28(25-14-7-2-3-8-15-25)26-16-9-10-17-27(26)32;/h4-6,9-10,12-13,16-17,19-20,25,28H,2-3,7-8,11,14-15,18,21-22H2,1H3;1H. The molecule has 1 heterocycles. The first-order valence-corrected chi connectivity index (χ1v) is 12.7. The van der Waals surface area contributed by atoms with Crippen molar-refractivity contribution in [3.8, 4) is 5.75 Å². The van der Waals surface area contributed by atoms with E-state index in [2.05, 4.69) is 52.7 Å². The number of carbonyl (C=O) groups excluding carboxylic acids is 1. The third-order valence-electron chi connectivity index (χ3n) is 7.14. The fourth-order valence-electron chi connectivity index (χ4n) is 5.19. The molecule has 35 heavy (non-hydrogen) atoms. The molecule has 1 N–H and O–H groups in total. The summed E-state index contributed by atoms with van der Waals surface area (Å²) in [6, 6.07) is 17.7. The SMILES string of the molecule is Cc1n(CCCOC(=O)C(c2ccccc2O)C2CCCCCC2)cc[n+]1Cc1ccccc1.[Cl-]. The van der Waals surface area contributed by atoms with Gasteiger partial charge in [-0.3, -0.25) is 4.79 Å². The smallest absolute Gasteiger partial charge is 0.313 e. The molecule has 6 heteroatoms. The molecule has 1 atom stereocenters. The van der Waals surface area contributed by atoms with Gasteiger partial charge in [-0.1, -0.05) is 74.2 Å². The summed E-state index contributed by atoms with van der Waals surface area (Å²) < 4.78 is 10.3. The number of phenols is 1. The number of aromatic hydroxyl groups is 1. The van der Waals surface area contributed by atoms with Crippen molar-refractivity contribution in [2.45, 2.75) is 70.9 Å². The fourth-order valence-corrected chi connectivity index (χ4v) is 5.19. The lowest BCUT2D eigenvalue weighted by Gasteiger charge is -2.25. The minimum absolute atomic E-state index is 0. The van der Waals surface area contributed by atoms with Crippen molar-refractivity contribution in [2.24, 2.45) is 5.92 Å². The van der Waals surface area contributed by atoms with Gasteiger partial charge >= 0.3 is 5.97 Å². The molecule has 0 bridgehead atoms. The second-order valence-electron chi connectivity index (χ2n) is 9.46. The molecule has 1 aromatic heterocycles. The number of para-hydroxylation sites is 1. The summed E-state index contributed by atoms with van der Waals surface area (Å²) in [4.78, 5) is 13.2. The molecule has 1 aliphatic rings. The maximum atomic E-state index is 13.2. The Balaban J connectivity index is 0.00000342. The zero-order valence-corrected chi connectivity index (χ0v) is 21.4. The molecular formula is C29H37ClN2O3. The summed E-state index contributed by atoms with van der Waals surface area (Å²) in [5.74, 6) is 1.02. The van der Waals surface area contributed by atoms with Crippen molar-refractivity contribution < 1.29 is 31.6 Å². The predicted octanol–water partition coefficient (Wildman–Crippen LogP) is 2.53. The quantitative estimate of drug-likeness (QED) is 0.214. The lowest BCUT2D eigenvalue weighted by atomic mass is 9.81. The summed E-state index contributed by atoms with van der Waals surface area (Å²) in [5, 5.41) is 10.5. The summed E-state index contributed by atoms with van der Waals surface area (Å²) in [6.07, 6.45) is 11.7. The van der Waals surface area contributed by atoms with Gasteiger partial charge in [0.05, 0.1) is 19.1 Å². The minimum atomic E-state index is -0.388. The Hall–Kier alpha value is -2.79. The van der Waals surface area contributed by atoms with Gasteiger partial charge in [-0.25, -0.2) is 9.13 Å². The number of nitrogens with zero attached hydrogens (tertiary/aromatic N) is 2. The number of benzene rings is 2. The summed E-state index contributed by atoms with van der Waals surface area (Å²) in [5.41, 5.74) is 1.98. The van der Waals surface area contributed by atoms with Crippen LogP contribution in [-0.4, -0.2) is 22.2 Å². The Labute approximate surface area is 215 Å². The van der Waals surface area contributed by atoms with E-state index in [1.807, 2.05) is 18.2 Å². The third kappa shape index (κ3) is 7.11. The number of carbonyl (C=O) groups is 1. The number of hydrogen-bond acceptors (Lipinski definition) is 3. The Morgan fingerprint density at radius 2 is 1.74 bits per heavy atom. The average molecular weight is 497 g/mol. The van der Waals surface area contributed by atoms with Crippen molar-refractivity contribution in [3.63, 3.8) is 0 Å². The first-order valence-electron chi connectivity index (χ1n) is 12.7. The minimum Gasteiger partial charge on any atom is -1.00 e. The van der Waals surface area contributed by atoms with E-state index >= 15 is 0 Å². The highest BCUT2D eigenvalue weighted by atomic mass is 35.5. The fraction of sp³-hybridized carbons (Fsp3) is 0.448. The van der Waals surface area contributed by atoms with E-state index < -0.39 is 0 Å². The second kappa shape index (κ2) is 13.3. The van der Waals surface area contributed by atoms with Crippen LogP contribution in [0.1, 0.15) is 67.8 Å². The summed E-state index contributed by atoms with van der Waals surface area (Å²) in [6.45, 7) is 4.14. The Morgan fingerprint density at radius 3 is 2.46 bits per heavy atom. The molecule has 0 aliphatic heterocycles. The van der Waals surface area contributed by atoms with E-state index in [1.165, 1.54) is 24.2 Å². The number of phenolic OH excluding ortho intramolecular Hbond substituents is 1. The van der Waals surface area contributed by atoms with E-state index in [0.717, 1.165) is 45.2 Å². The van der Waals surface area contributed by atoms with Gasteiger partial charge in [0.2, 0.25) is 0 Å². The number of esters is 1. The van der Waals surface area contributed by atoms with Crippen LogP contribution < -0.4 is 17.0 Å². The molecule has 1 aliphatic carbocycles. The van der Waals surface area contributed by atoms with E-state index in [0.29, 0.717) is 12.2 Å². The van der Waals surface area contributed by atoms with Crippen LogP contribution in [-0.2, 0) is 22.6 Å². The molecule has 0 radical (unpaired) electrons. The zero-order chi connectivity index (χ0) is 23.8. The summed E-state index contributed by atoms with van der Waals surface area (Å²) in [7, 11) is 0. The van der Waals surface area contributed by atoms with Gasteiger partial charge in [0.25, 0.3) is 5.82 Å². The molecule has 0 amide bonds. The topological polar surface area (TPSA) is 55.3 Å². The van der Waals surface area contributed by atoms with Gasteiger partial charge in [0.1, 0.15) is 24.7 Å². The number of rotatable bonds is 9. The summed E-state index contributed by atoms with van der Waals surface area (Å²) >= 11 is 0. The Bertz CT molecular complexity index is 1060. The lowest BCUT2D eigenvalue weighted by molar-refractivity contribution is -0.694. The molecule has 0 spiro atoms. The largest absolute Gasteiger partial charge is 1.00 e. The molecule has 4 rings (SSSR count). The maximum absolute atomic E-state index is 13.2. The highest BCUT2D eigenvalue weighted by Gasteiger charge is 2.33. The van der Waals surface area contributed by atoms with E-state index in [-0.39, 0.29) is 36.0 Å². The molecule has 1 unspecified atom stereocenters. The van der Waals surface area contributed by atoms with Crippen LogP contribution in [0.4, 0.5) is 0 Å². The molecule has 1 saturated carbocycles. The zero-order valence-electron chi connectivity index (χ0n) is 20.6. The molecular weight excluding hydrogens is 460 g/mol. The van der Waals surface area contributed by atoms with Crippen molar-refractivity contribution in [2.75, 3.05) is 6.61 Å². The van der Waals surface area contributed by atoms with Crippen LogP contribution in [0.5, 0.6) is 5.75 Å². The van der Waals surface area contributed by atoms with Crippen LogP contribution >= 0.6 is 0 Å². The van der Waals surface area contributed by atoms with Gasteiger partial charge in [-0.15, -0.1) is 0 Å². The Kier molecular flexibility index (Phi) is 10.2. The first-order chi connectivity index (χ1) is 16.6. The van der Waals surface area contributed by atoms with Crippen molar-refractivity contribution >= 4 is 5.97 Å². The van der Waals surface area contributed by atoms with Gasteiger partial charge in [0.15, 0.2) is 0 Å². The first kappa shape index (κ1) is 26.8. The molecule has 0 saturated heterocycles. The van der Waals surface area contributed by atoms with Crippen LogP contribution in [0.25, 0.3) is 0 Å².